The van der Waals surface area contributed by atoms with Crippen molar-refractivity contribution in [3.63, 3.8) is 0 Å². The zero-order chi connectivity index (χ0) is 16.4. The van der Waals surface area contributed by atoms with Gasteiger partial charge in [-0.3, -0.25) is 4.79 Å². The fraction of sp³-hybridized carbons (Fsp3) is 0.294. The number of aryl methyl sites for hydroxylation is 2. The van der Waals surface area contributed by atoms with Crippen molar-refractivity contribution in [2.45, 2.75) is 36.3 Å². The summed E-state index contributed by atoms with van der Waals surface area (Å²) < 4.78 is 0. The quantitative estimate of drug-likeness (QED) is 0.774. The number of aromatic nitrogens is 1. The van der Waals surface area contributed by atoms with Gasteiger partial charge in [-0.1, -0.05) is 29.3 Å². The summed E-state index contributed by atoms with van der Waals surface area (Å²) in [6.07, 6.45) is 4.98. The molecule has 0 spiro atoms. The maximum Gasteiger partial charge on any atom is 0.238 e. The van der Waals surface area contributed by atoms with Gasteiger partial charge in [0.15, 0.2) is 5.82 Å². The summed E-state index contributed by atoms with van der Waals surface area (Å²) in [4.78, 5) is 17.5. The molecule has 3 rings (SSSR count). The second-order valence-electron chi connectivity index (χ2n) is 5.52. The molecule has 1 atom stereocenters. The molecule has 0 aliphatic heterocycles. The molecule has 0 fully saturated rings. The van der Waals surface area contributed by atoms with Gasteiger partial charge in [0.2, 0.25) is 5.91 Å². The largest absolute Gasteiger partial charge is 0.308 e. The summed E-state index contributed by atoms with van der Waals surface area (Å²) in [5.74, 6) is 0.203. The number of carbonyl (C=O) groups is 1. The number of halogens is 2. The highest BCUT2D eigenvalue weighted by Gasteiger charge is 2.18. The minimum absolute atomic E-state index is 0.132. The first-order valence-corrected chi connectivity index (χ1v) is 9.07. The normalized spacial score (nSPS) is 14.4. The number of hydrogen-bond acceptors (Lipinski definition) is 3. The first-order valence-electron chi connectivity index (χ1n) is 7.43. The highest BCUT2D eigenvalue weighted by atomic mass is 35.5. The van der Waals surface area contributed by atoms with E-state index in [9.17, 15) is 4.79 Å². The van der Waals surface area contributed by atoms with Gasteiger partial charge in [-0.2, -0.15) is 0 Å². The molecule has 2 aromatic rings. The van der Waals surface area contributed by atoms with E-state index in [1.165, 1.54) is 35.5 Å². The molecule has 0 saturated carbocycles. The fourth-order valence-corrected chi connectivity index (χ4v) is 3.96. The fourth-order valence-electron chi connectivity index (χ4n) is 2.60. The van der Waals surface area contributed by atoms with Crippen molar-refractivity contribution in [2.75, 3.05) is 5.32 Å². The average Bonchev–Trinajstić information content (AvgIpc) is 2.97. The third kappa shape index (κ3) is 4.00. The minimum atomic E-state index is -0.247. The van der Waals surface area contributed by atoms with E-state index in [0.717, 1.165) is 17.7 Å². The molecule has 1 N–H and O–H groups in total. The number of benzene rings is 1. The van der Waals surface area contributed by atoms with Crippen LogP contribution in [0.1, 0.15) is 24.5 Å². The zero-order valence-electron chi connectivity index (χ0n) is 12.6. The van der Waals surface area contributed by atoms with Gasteiger partial charge >= 0.3 is 0 Å². The molecule has 23 heavy (non-hydrogen) atoms. The third-order valence-corrected chi connectivity index (χ3v) is 5.39. The summed E-state index contributed by atoms with van der Waals surface area (Å²) >= 11 is 13.4. The SMILES string of the molecule is C[C@H](Sc1ccc2c(c1)CCC2)C(=O)Nc1ncc(Cl)cc1Cl. The van der Waals surface area contributed by atoms with E-state index in [4.69, 9.17) is 23.2 Å². The Bertz CT molecular complexity index is 751. The van der Waals surface area contributed by atoms with Crippen molar-refractivity contribution >= 4 is 46.7 Å². The molecule has 120 valence electrons. The molecular weight excluding hydrogens is 351 g/mol. The number of thioether (sulfide) groups is 1. The summed E-state index contributed by atoms with van der Waals surface area (Å²) in [7, 11) is 0. The Morgan fingerprint density at radius 2 is 2.04 bits per heavy atom. The van der Waals surface area contributed by atoms with E-state index in [1.54, 1.807) is 6.07 Å². The highest BCUT2D eigenvalue weighted by Crippen LogP contribution is 2.30. The van der Waals surface area contributed by atoms with Gasteiger partial charge in [0, 0.05) is 11.1 Å². The van der Waals surface area contributed by atoms with Crippen LogP contribution in [0.5, 0.6) is 0 Å². The van der Waals surface area contributed by atoms with Crippen molar-refractivity contribution in [3.8, 4) is 0 Å². The number of amides is 1. The average molecular weight is 367 g/mol. The predicted molar refractivity (Wildman–Crippen MR) is 96.7 cm³/mol. The van der Waals surface area contributed by atoms with Gasteiger partial charge in [0.1, 0.15) is 0 Å². The predicted octanol–water partition coefficient (Wildman–Crippen LogP) is 5.00. The minimum Gasteiger partial charge on any atom is -0.308 e. The molecule has 0 radical (unpaired) electrons. The second-order valence-corrected chi connectivity index (χ2v) is 7.78. The van der Waals surface area contributed by atoms with Gasteiger partial charge in [-0.25, -0.2) is 4.98 Å². The topological polar surface area (TPSA) is 42.0 Å². The molecule has 6 heteroatoms. The highest BCUT2D eigenvalue weighted by molar-refractivity contribution is 8.00. The number of anilines is 1. The molecule has 1 aliphatic carbocycles. The Morgan fingerprint density at radius 1 is 1.26 bits per heavy atom. The van der Waals surface area contributed by atoms with E-state index in [2.05, 4.69) is 28.5 Å². The first kappa shape index (κ1) is 16.6. The van der Waals surface area contributed by atoms with Gasteiger partial charge in [0.05, 0.1) is 15.3 Å². The summed E-state index contributed by atoms with van der Waals surface area (Å²) in [6.45, 7) is 1.87. The Hall–Kier alpha value is -1.23. The van der Waals surface area contributed by atoms with Crippen molar-refractivity contribution in [1.82, 2.24) is 4.98 Å². The number of nitrogens with one attached hydrogen (secondary N) is 1. The monoisotopic (exact) mass is 366 g/mol. The third-order valence-electron chi connectivity index (χ3n) is 3.80. The molecule has 0 unspecified atom stereocenters. The number of fused-ring (bicyclic) bond motifs is 1. The first-order chi connectivity index (χ1) is 11.0. The second kappa shape index (κ2) is 7.12. The van der Waals surface area contributed by atoms with E-state index in [-0.39, 0.29) is 11.2 Å². The molecule has 1 amide bonds. The van der Waals surface area contributed by atoms with Crippen LogP contribution in [0.3, 0.4) is 0 Å². The van der Waals surface area contributed by atoms with Crippen LogP contribution in [-0.4, -0.2) is 16.1 Å². The van der Waals surface area contributed by atoms with Gasteiger partial charge in [-0.05, 0) is 55.5 Å². The lowest BCUT2D eigenvalue weighted by atomic mass is 10.1. The smallest absolute Gasteiger partial charge is 0.238 e. The van der Waals surface area contributed by atoms with Crippen molar-refractivity contribution in [2.24, 2.45) is 0 Å². The number of pyridine rings is 1. The molecule has 1 heterocycles. The zero-order valence-corrected chi connectivity index (χ0v) is 14.9. The maximum absolute atomic E-state index is 12.3. The summed E-state index contributed by atoms with van der Waals surface area (Å²) in [5, 5.41) is 3.27. The van der Waals surface area contributed by atoms with Crippen LogP contribution in [0.25, 0.3) is 0 Å². The summed E-state index contributed by atoms with van der Waals surface area (Å²) in [6, 6.07) is 8.02. The van der Waals surface area contributed by atoms with Gasteiger partial charge in [-0.15, -0.1) is 11.8 Å². The lowest BCUT2D eigenvalue weighted by Gasteiger charge is -2.13. The lowest BCUT2D eigenvalue weighted by molar-refractivity contribution is -0.115. The molecule has 3 nitrogen and oxygen atoms in total. The van der Waals surface area contributed by atoms with E-state index in [1.807, 2.05) is 6.92 Å². The summed E-state index contributed by atoms with van der Waals surface area (Å²) in [5.41, 5.74) is 2.84. The van der Waals surface area contributed by atoms with Crippen molar-refractivity contribution < 1.29 is 4.79 Å². The Labute approximate surface area is 149 Å². The number of rotatable bonds is 4. The van der Waals surface area contributed by atoms with E-state index < -0.39 is 0 Å². The van der Waals surface area contributed by atoms with Crippen LogP contribution in [0.15, 0.2) is 35.4 Å². The van der Waals surface area contributed by atoms with Gasteiger partial charge in [0.25, 0.3) is 0 Å². The number of carbonyl (C=O) groups excluding carboxylic acids is 1. The number of hydrogen-bond donors (Lipinski definition) is 1. The van der Waals surface area contributed by atoms with Gasteiger partial charge < -0.3 is 5.32 Å². The molecule has 1 aromatic carbocycles. The Balaban J connectivity index is 1.65. The standard InChI is InChI=1S/C17H16Cl2N2OS/c1-10(17(22)21-16-15(19)8-13(18)9-20-16)23-14-6-5-11-3-2-4-12(11)7-14/h5-10H,2-4H2,1H3,(H,20,21,22)/t10-/m0/s1. The Kier molecular flexibility index (Phi) is 5.14. The van der Waals surface area contributed by atoms with Crippen LogP contribution >= 0.6 is 35.0 Å². The van der Waals surface area contributed by atoms with Crippen LogP contribution in [-0.2, 0) is 17.6 Å². The lowest BCUT2D eigenvalue weighted by Crippen LogP contribution is -2.23. The molecular formula is C17H16Cl2N2OS. The van der Waals surface area contributed by atoms with Crippen molar-refractivity contribution in [1.29, 1.82) is 0 Å². The van der Waals surface area contributed by atoms with Crippen LogP contribution in [0, 0.1) is 0 Å². The number of nitrogens with zero attached hydrogens (tertiary/aromatic N) is 1. The molecule has 1 aliphatic rings. The van der Waals surface area contributed by atoms with Crippen molar-refractivity contribution in [3.05, 3.63) is 51.6 Å². The molecule has 1 aromatic heterocycles. The van der Waals surface area contributed by atoms with Crippen LogP contribution in [0.4, 0.5) is 5.82 Å². The molecule has 0 bridgehead atoms. The maximum atomic E-state index is 12.3. The van der Waals surface area contributed by atoms with E-state index >= 15 is 0 Å². The molecule has 0 saturated heterocycles. The van der Waals surface area contributed by atoms with Crippen LogP contribution < -0.4 is 5.32 Å². The van der Waals surface area contributed by atoms with E-state index in [0.29, 0.717) is 15.9 Å². The Morgan fingerprint density at radius 3 is 2.83 bits per heavy atom. The van der Waals surface area contributed by atoms with Crippen LogP contribution in [0.2, 0.25) is 10.0 Å².